The van der Waals surface area contributed by atoms with Crippen molar-refractivity contribution >= 4 is 41.4 Å². The van der Waals surface area contributed by atoms with Crippen molar-refractivity contribution in [3.8, 4) is 5.75 Å². The third-order valence-corrected chi connectivity index (χ3v) is 14.6. The Morgan fingerprint density at radius 2 is 1.41 bits per heavy atom. The van der Waals surface area contributed by atoms with E-state index in [0.29, 0.717) is 24.7 Å². The number of phenols is 1. The highest BCUT2D eigenvalue weighted by Gasteiger charge is 2.48. The number of unbranched alkanes of at least 4 members (excludes halogenated alkanes) is 5. The van der Waals surface area contributed by atoms with Crippen LogP contribution in [0.3, 0.4) is 0 Å². The molecule has 3 heterocycles. The molecule has 0 aliphatic carbocycles. The standard InChI is InChI=1S/C51H86N10O15/c1-4-28(2)23-29(3)11-9-7-5-6-8-10-12-39(68)55-33-25-38(67)45(54-21-20-53)59-49(74)42-37(66)18-22-60(42)51(76)40(36(65)17-19-52)57-48(73)41(44(70)43(69)30-13-15-31(63)16-14-30)58-47(72)35-24-32(64)26-61(35)50(75)34(27-62)56-46(33)71/h13-16,28-29,32-38,40-45,54,62-67,69-70H,4-12,17-27,52-53H2,1-3H3,(H,55,68)(H,56,71)(H,57,73)(H,58,72)(H,59,74)/t28-,29+,32+,33?,34-,35-,36+,37-,38+,40-,41-,42-,43-,44-,45-/m0/s1. The number of aromatic hydroxyl groups is 1. The van der Waals surface area contributed by atoms with E-state index in [2.05, 4.69) is 52.7 Å². The lowest BCUT2D eigenvalue weighted by molar-refractivity contribution is -0.148. The Labute approximate surface area is 444 Å². The molecular formula is C51H86N10O15. The zero-order chi connectivity index (χ0) is 56.2. The molecule has 1 unspecified atom stereocenters. The molecule has 3 aliphatic rings. The van der Waals surface area contributed by atoms with E-state index in [0.717, 1.165) is 48.3 Å². The van der Waals surface area contributed by atoms with E-state index in [4.69, 9.17) is 11.5 Å². The average Bonchev–Trinajstić information content (AvgIpc) is 3.99. The highest BCUT2D eigenvalue weighted by Crippen LogP contribution is 2.26. The van der Waals surface area contributed by atoms with E-state index in [1.54, 1.807) is 0 Å². The third-order valence-electron chi connectivity index (χ3n) is 14.6. The van der Waals surface area contributed by atoms with Crippen LogP contribution in [-0.2, 0) is 33.6 Å². The number of hydrogen-bond acceptors (Lipinski definition) is 18. The smallest absolute Gasteiger partial charge is 0.248 e. The minimum atomic E-state index is -2.27. The maximum Gasteiger partial charge on any atom is 0.248 e. The largest absolute Gasteiger partial charge is 0.508 e. The van der Waals surface area contributed by atoms with E-state index in [9.17, 15) is 74.4 Å². The number of aliphatic hydroxyl groups excluding tert-OH is 7. The molecule has 0 aromatic heterocycles. The van der Waals surface area contributed by atoms with Crippen LogP contribution in [0.4, 0.5) is 0 Å². The Morgan fingerprint density at radius 3 is 2.05 bits per heavy atom. The second-order valence-electron chi connectivity index (χ2n) is 20.8. The van der Waals surface area contributed by atoms with Crippen LogP contribution < -0.4 is 43.4 Å². The van der Waals surface area contributed by atoms with Crippen molar-refractivity contribution < 1.29 is 74.4 Å². The third kappa shape index (κ3) is 18.3. The van der Waals surface area contributed by atoms with Crippen LogP contribution in [-0.4, -0.2) is 204 Å². The predicted octanol–water partition coefficient (Wildman–Crippen LogP) is -3.70. The number of nitrogens with one attached hydrogen (secondary N) is 6. The molecule has 3 fully saturated rings. The van der Waals surface area contributed by atoms with Gasteiger partial charge in [-0.3, -0.25) is 38.9 Å². The van der Waals surface area contributed by atoms with E-state index < -0.39 is 146 Å². The molecular weight excluding hydrogens is 993 g/mol. The first-order valence-electron chi connectivity index (χ1n) is 26.9. The second-order valence-corrected chi connectivity index (χ2v) is 20.8. The van der Waals surface area contributed by atoms with Crippen molar-refractivity contribution in [3.63, 3.8) is 0 Å². The van der Waals surface area contributed by atoms with Gasteiger partial charge >= 0.3 is 0 Å². The molecule has 3 saturated heterocycles. The molecule has 4 rings (SSSR count). The van der Waals surface area contributed by atoms with Crippen molar-refractivity contribution in [2.45, 2.75) is 190 Å². The molecule has 0 spiro atoms. The summed E-state index contributed by atoms with van der Waals surface area (Å²) in [6.07, 6.45) is -5.18. The molecule has 18 N–H and O–H groups in total. The minimum Gasteiger partial charge on any atom is -0.508 e. The summed E-state index contributed by atoms with van der Waals surface area (Å²) in [5.74, 6) is -6.42. The molecule has 3 aliphatic heterocycles. The van der Waals surface area contributed by atoms with Gasteiger partial charge in [-0.25, -0.2) is 0 Å². The SMILES string of the molecule is CC[C@H](C)C[C@H](C)CCCCCCCCC(=O)NC1C[C@@H](O)[C@@H](NCCN)NC(=O)[C@@H]2[C@@H](O)CCN2C(=O)[C@H]([C@H](O)CCN)NC(=O)[C@H]([C@H](O)[C@@H](O)c2ccc(O)cc2)NC(=O)[C@@H]2C[C@@H](O)CN2C(=O)[C@H](CO)NC1=O. The van der Waals surface area contributed by atoms with Gasteiger partial charge in [-0.05, 0) is 61.8 Å². The van der Waals surface area contributed by atoms with Gasteiger partial charge in [-0.15, -0.1) is 0 Å². The zero-order valence-electron chi connectivity index (χ0n) is 44.1. The lowest BCUT2D eigenvalue weighted by atomic mass is 9.91. The summed E-state index contributed by atoms with van der Waals surface area (Å²) in [5, 5.41) is 104. The molecule has 0 radical (unpaired) electrons. The monoisotopic (exact) mass is 1080 g/mol. The molecule has 76 heavy (non-hydrogen) atoms. The van der Waals surface area contributed by atoms with E-state index >= 15 is 0 Å². The van der Waals surface area contributed by atoms with Crippen molar-refractivity contribution in [2.24, 2.45) is 23.3 Å². The summed E-state index contributed by atoms with van der Waals surface area (Å²) < 4.78 is 0. The zero-order valence-corrected chi connectivity index (χ0v) is 44.1. The lowest BCUT2D eigenvalue weighted by Crippen LogP contribution is -2.65. The lowest BCUT2D eigenvalue weighted by Gasteiger charge is -2.35. The van der Waals surface area contributed by atoms with Crippen LogP contribution >= 0.6 is 0 Å². The number of carbonyl (C=O) groups is 7. The fraction of sp³-hybridized carbons (Fsp3) is 0.745. The van der Waals surface area contributed by atoms with Crippen molar-refractivity contribution in [3.05, 3.63) is 29.8 Å². The van der Waals surface area contributed by atoms with Crippen LogP contribution in [0.5, 0.6) is 5.75 Å². The number of nitrogens with zero attached hydrogens (tertiary/aromatic N) is 2. The van der Waals surface area contributed by atoms with Gasteiger partial charge in [0, 0.05) is 45.4 Å². The summed E-state index contributed by atoms with van der Waals surface area (Å²) in [4.78, 5) is 101. The fourth-order valence-corrected chi connectivity index (χ4v) is 10.1. The van der Waals surface area contributed by atoms with Gasteiger partial charge in [-0.2, -0.15) is 0 Å². The Morgan fingerprint density at radius 1 is 0.750 bits per heavy atom. The quantitative estimate of drug-likeness (QED) is 0.0469. The molecule has 25 heteroatoms. The van der Waals surface area contributed by atoms with Crippen LogP contribution in [0.1, 0.15) is 122 Å². The molecule has 25 nitrogen and oxygen atoms in total. The maximum atomic E-state index is 14.6. The van der Waals surface area contributed by atoms with Gasteiger partial charge in [-0.1, -0.05) is 77.8 Å². The van der Waals surface area contributed by atoms with Crippen molar-refractivity contribution in [1.82, 2.24) is 41.7 Å². The number of fused-ring (bicyclic) bond motifs is 2. The van der Waals surface area contributed by atoms with Crippen LogP contribution in [0.15, 0.2) is 24.3 Å². The van der Waals surface area contributed by atoms with E-state index in [-0.39, 0.29) is 56.8 Å². The molecule has 15 atom stereocenters. The summed E-state index contributed by atoms with van der Waals surface area (Å²) in [6.45, 7) is 4.51. The van der Waals surface area contributed by atoms with Gasteiger partial charge in [0.05, 0.1) is 31.0 Å². The Bertz CT molecular complexity index is 2040. The molecule has 430 valence electrons. The first kappa shape index (κ1) is 63.4. The average molecular weight is 1080 g/mol. The van der Waals surface area contributed by atoms with Crippen LogP contribution in [0.2, 0.25) is 0 Å². The Balaban J connectivity index is 1.71. The molecule has 0 bridgehead atoms. The predicted molar refractivity (Wildman–Crippen MR) is 276 cm³/mol. The van der Waals surface area contributed by atoms with E-state index in [1.165, 1.54) is 30.7 Å². The number of phenolic OH excluding ortho intramolecular Hbond substituents is 1. The highest BCUT2D eigenvalue weighted by molar-refractivity contribution is 5.98. The summed E-state index contributed by atoms with van der Waals surface area (Å²) in [5.41, 5.74) is 11.5. The summed E-state index contributed by atoms with van der Waals surface area (Å²) >= 11 is 0. The normalized spacial score (nSPS) is 28.4. The van der Waals surface area contributed by atoms with E-state index in [1.807, 2.05) is 0 Å². The molecule has 1 aromatic carbocycles. The number of nitrogens with two attached hydrogens (primary N) is 2. The number of amides is 7. The number of benzene rings is 1. The van der Waals surface area contributed by atoms with Crippen molar-refractivity contribution in [2.75, 3.05) is 39.3 Å². The first-order valence-corrected chi connectivity index (χ1v) is 26.9. The Hall–Kier alpha value is -5.09. The summed E-state index contributed by atoms with van der Waals surface area (Å²) in [6, 6.07) is -6.33. The molecule has 0 saturated carbocycles. The van der Waals surface area contributed by atoms with Crippen LogP contribution in [0, 0.1) is 11.8 Å². The molecule has 1 aromatic rings. The van der Waals surface area contributed by atoms with Crippen LogP contribution in [0.25, 0.3) is 0 Å². The van der Waals surface area contributed by atoms with Gasteiger partial charge in [0.2, 0.25) is 41.4 Å². The number of rotatable bonds is 23. The highest BCUT2D eigenvalue weighted by atomic mass is 16.3. The number of carbonyl (C=O) groups excluding carboxylic acids is 7. The van der Waals surface area contributed by atoms with Gasteiger partial charge < -0.3 is 88.7 Å². The first-order chi connectivity index (χ1) is 36.1. The molecule has 7 amide bonds. The van der Waals surface area contributed by atoms with Gasteiger partial charge in [0.25, 0.3) is 0 Å². The fourth-order valence-electron chi connectivity index (χ4n) is 10.1. The minimum absolute atomic E-state index is 0.0222. The number of aliphatic hydroxyl groups is 7. The topological polar surface area (TPSA) is 412 Å². The summed E-state index contributed by atoms with van der Waals surface area (Å²) in [7, 11) is 0. The number of hydrogen-bond donors (Lipinski definition) is 16. The van der Waals surface area contributed by atoms with Crippen molar-refractivity contribution in [1.29, 1.82) is 0 Å². The second kappa shape index (κ2) is 31.3. The van der Waals surface area contributed by atoms with Gasteiger partial charge in [0.15, 0.2) is 0 Å². The maximum absolute atomic E-state index is 14.6. The van der Waals surface area contributed by atoms with Gasteiger partial charge in [0.1, 0.15) is 60.4 Å². The Kier molecular flexibility index (Phi) is 26.2.